The third kappa shape index (κ3) is 8.08. The highest BCUT2D eigenvalue weighted by Crippen LogP contribution is 2.29. The molecule has 0 aliphatic rings. The summed E-state index contributed by atoms with van der Waals surface area (Å²) >= 11 is 0. The first kappa shape index (κ1) is 29.4. The van der Waals surface area contributed by atoms with Gasteiger partial charge in [0.1, 0.15) is 12.6 Å². The number of nitrogens with one attached hydrogen (secondary N) is 1. The zero-order valence-electron chi connectivity index (χ0n) is 22.4. The van der Waals surface area contributed by atoms with Crippen molar-refractivity contribution in [3.63, 3.8) is 0 Å². The maximum absolute atomic E-state index is 13.8. The first-order valence-corrected chi connectivity index (χ1v) is 14.5. The SMILES string of the molecule is CCC(C)NC(=O)C(CC)N(CCc1ccccc1)C(=O)CN(c1ccccc1C(C)C)S(C)(=O)=O. The normalized spacial score (nSPS) is 13.2. The molecule has 0 saturated heterocycles. The number of hydrogen-bond donors (Lipinski definition) is 1. The lowest BCUT2D eigenvalue weighted by Gasteiger charge is -2.34. The molecule has 198 valence electrons. The summed E-state index contributed by atoms with van der Waals surface area (Å²) in [5, 5.41) is 2.99. The first-order valence-electron chi connectivity index (χ1n) is 12.7. The van der Waals surface area contributed by atoms with Gasteiger partial charge in [-0.2, -0.15) is 0 Å². The van der Waals surface area contributed by atoms with E-state index in [0.29, 0.717) is 25.1 Å². The van der Waals surface area contributed by atoms with E-state index in [1.54, 1.807) is 17.0 Å². The number of amides is 2. The summed E-state index contributed by atoms with van der Waals surface area (Å²) in [5.74, 6) is -0.553. The van der Waals surface area contributed by atoms with Crippen molar-refractivity contribution in [2.24, 2.45) is 0 Å². The van der Waals surface area contributed by atoms with Gasteiger partial charge in [0.25, 0.3) is 0 Å². The quantitative estimate of drug-likeness (QED) is 0.430. The van der Waals surface area contributed by atoms with Crippen molar-refractivity contribution >= 4 is 27.5 Å². The monoisotopic (exact) mass is 515 g/mol. The molecule has 8 heteroatoms. The Morgan fingerprint density at radius 3 is 2.08 bits per heavy atom. The van der Waals surface area contributed by atoms with Crippen molar-refractivity contribution in [1.82, 2.24) is 10.2 Å². The fourth-order valence-corrected chi connectivity index (χ4v) is 5.00. The Bertz CT molecular complexity index is 1100. The summed E-state index contributed by atoms with van der Waals surface area (Å²) in [7, 11) is -3.76. The Kier molecular flexibility index (Phi) is 11.0. The first-order chi connectivity index (χ1) is 17.0. The molecule has 0 fully saturated rings. The third-order valence-electron chi connectivity index (χ3n) is 6.38. The standard InChI is InChI=1S/C28H41N3O4S/c1-7-22(5)29-28(33)25(8-2)30(19-18-23-14-10-9-11-15-23)27(32)20-31(36(6,34)35)26-17-13-12-16-24(26)21(3)4/h9-17,21-22,25H,7-8,18-20H2,1-6H3,(H,29,33). The molecule has 2 unspecified atom stereocenters. The number of para-hydroxylation sites is 1. The van der Waals surface area contributed by atoms with Crippen molar-refractivity contribution < 1.29 is 18.0 Å². The molecule has 0 bridgehead atoms. The minimum absolute atomic E-state index is 0.0249. The minimum atomic E-state index is -3.76. The molecule has 2 rings (SSSR count). The fraction of sp³-hybridized carbons (Fsp3) is 0.500. The van der Waals surface area contributed by atoms with E-state index < -0.39 is 22.0 Å². The number of rotatable bonds is 13. The molecule has 0 aliphatic carbocycles. The van der Waals surface area contributed by atoms with Gasteiger partial charge in [-0.15, -0.1) is 0 Å². The van der Waals surface area contributed by atoms with Crippen molar-refractivity contribution in [1.29, 1.82) is 0 Å². The van der Waals surface area contributed by atoms with Crippen LogP contribution in [-0.4, -0.2) is 56.6 Å². The summed E-state index contributed by atoms with van der Waals surface area (Å²) < 4.78 is 26.9. The largest absolute Gasteiger partial charge is 0.352 e. The van der Waals surface area contributed by atoms with E-state index in [1.165, 1.54) is 4.31 Å². The summed E-state index contributed by atoms with van der Waals surface area (Å²) in [6.07, 6.45) is 2.86. The molecule has 2 atom stereocenters. The van der Waals surface area contributed by atoms with Gasteiger partial charge < -0.3 is 10.2 Å². The molecule has 0 spiro atoms. The van der Waals surface area contributed by atoms with E-state index in [9.17, 15) is 18.0 Å². The van der Waals surface area contributed by atoms with Gasteiger partial charge in [-0.1, -0.05) is 76.2 Å². The number of hydrogen-bond acceptors (Lipinski definition) is 4. The lowest BCUT2D eigenvalue weighted by atomic mass is 10.0. The van der Waals surface area contributed by atoms with Crippen LogP contribution in [0.5, 0.6) is 0 Å². The van der Waals surface area contributed by atoms with Gasteiger partial charge in [0.2, 0.25) is 21.8 Å². The molecular weight excluding hydrogens is 474 g/mol. The van der Waals surface area contributed by atoms with Gasteiger partial charge in [0.15, 0.2) is 0 Å². The van der Waals surface area contributed by atoms with Crippen LogP contribution in [0.15, 0.2) is 54.6 Å². The van der Waals surface area contributed by atoms with Gasteiger partial charge >= 0.3 is 0 Å². The molecule has 0 radical (unpaired) electrons. The van der Waals surface area contributed by atoms with E-state index in [4.69, 9.17) is 0 Å². The Morgan fingerprint density at radius 1 is 0.917 bits per heavy atom. The Morgan fingerprint density at radius 2 is 1.53 bits per heavy atom. The second-order valence-electron chi connectivity index (χ2n) is 9.55. The van der Waals surface area contributed by atoms with Gasteiger partial charge in [-0.3, -0.25) is 13.9 Å². The molecule has 2 amide bonds. The Balaban J connectivity index is 2.43. The second kappa shape index (κ2) is 13.4. The zero-order chi connectivity index (χ0) is 26.9. The number of carbonyl (C=O) groups excluding carboxylic acids is 2. The predicted molar refractivity (Wildman–Crippen MR) is 147 cm³/mol. The molecular formula is C28H41N3O4S. The number of anilines is 1. The third-order valence-corrected chi connectivity index (χ3v) is 7.50. The second-order valence-corrected chi connectivity index (χ2v) is 11.5. The van der Waals surface area contributed by atoms with E-state index in [1.807, 2.05) is 77.1 Å². The van der Waals surface area contributed by atoms with Crippen molar-refractivity contribution in [2.45, 2.75) is 71.9 Å². The van der Waals surface area contributed by atoms with Crippen LogP contribution in [0.3, 0.4) is 0 Å². The maximum Gasteiger partial charge on any atom is 0.244 e. The summed E-state index contributed by atoms with van der Waals surface area (Å²) in [5.41, 5.74) is 2.37. The van der Waals surface area contributed by atoms with Crippen LogP contribution in [0, 0.1) is 0 Å². The van der Waals surface area contributed by atoms with Crippen molar-refractivity contribution in [3.05, 3.63) is 65.7 Å². The molecule has 0 heterocycles. The van der Waals surface area contributed by atoms with E-state index in [2.05, 4.69) is 5.32 Å². The molecule has 0 aromatic heterocycles. The van der Waals surface area contributed by atoms with Crippen molar-refractivity contribution in [3.8, 4) is 0 Å². The van der Waals surface area contributed by atoms with Crippen LogP contribution in [-0.2, 0) is 26.0 Å². The zero-order valence-corrected chi connectivity index (χ0v) is 23.2. The number of sulfonamides is 1. The fourth-order valence-electron chi connectivity index (χ4n) is 4.13. The lowest BCUT2D eigenvalue weighted by Crippen LogP contribution is -2.54. The van der Waals surface area contributed by atoms with Crippen LogP contribution in [0.2, 0.25) is 0 Å². The van der Waals surface area contributed by atoms with Crippen molar-refractivity contribution in [2.75, 3.05) is 23.7 Å². The van der Waals surface area contributed by atoms with Crippen LogP contribution in [0.4, 0.5) is 5.69 Å². The smallest absolute Gasteiger partial charge is 0.244 e. The van der Waals surface area contributed by atoms with Gasteiger partial charge in [-0.25, -0.2) is 8.42 Å². The molecule has 0 saturated carbocycles. The number of nitrogens with zero attached hydrogens (tertiary/aromatic N) is 2. The topological polar surface area (TPSA) is 86.8 Å². The van der Waals surface area contributed by atoms with Crippen LogP contribution < -0.4 is 9.62 Å². The summed E-state index contributed by atoms with van der Waals surface area (Å²) in [6, 6.07) is 16.3. The Labute approximate surface area is 216 Å². The Hall–Kier alpha value is -2.87. The highest BCUT2D eigenvalue weighted by Gasteiger charge is 2.32. The molecule has 2 aromatic carbocycles. The highest BCUT2D eigenvalue weighted by atomic mass is 32.2. The van der Waals surface area contributed by atoms with Crippen LogP contribution in [0.1, 0.15) is 64.5 Å². The molecule has 0 aliphatic heterocycles. The lowest BCUT2D eigenvalue weighted by molar-refractivity contribution is -0.139. The van der Waals surface area contributed by atoms with Gasteiger partial charge in [0, 0.05) is 12.6 Å². The van der Waals surface area contributed by atoms with E-state index >= 15 is 0 Å². The van der Waals surface area contributed by atoms with E-state index in [-0.39, 0.29) is 24.4 Å². The van der Waals surface area contributed by atoms with Gasteiger partial charge in [-0.05, 0) is 49.3 Å². The number of benzene rings is 2. The maximum atomic E-state index is 13.8. The molecule has 2 aromatic rings. The van der Waals surface area contributed by atoms with Gasteiger partial charge in [0.05, 0.1) is 11.9 Å². The minimum Gasteiger partial charge on any atom is -0.352 e. The average Bonchev–Trinajstić information content (AvgIpc) is 2.84. The average molecular weight is 516 g/mol. The predicted octanol–water partition coefficient (Wildman–Crippen LogP) is 4.34. The number of carbonyl (C=O) groups is 2. The molecule has 36 heavy (non-hydrogen) atoms. The van der Waals surface area contributed by atoms with E-state index in [0.717, 1.165) is 23.8 Å². The molecule has 1 N–H and O–H groups in total. The highest BCUT2D eigenvalue weighted by molar-refractivity contribution is 7.92. The summed E-state index contributed by atoms with van der Waals surface area (Å²) in [4.78, 5) is 28.5. The summed E-state index contributed by atoms with van der Waals surface area (Å²) in [6.45, 7) is 9.68. The van der Waals surface area contributed by atoms with Crippen LogP contribution >= 0.6 is 0 Å². The molecule has 7 nitrogen and oxygen atoms in total. The van der Waals surface area contributed by atoms with Crippen LogP contribution in [0.25, 0.3) is 0 Å².